The highest BCUT2D eigenvalue weighted by Crippen LogP contribution is 2.23. The number of aromatic nitrogens is 1. The van der Waals surface area contributed by atoms with E-state index in [9.17, 15) is 4.79 Å². The smallest absolute Gasteiger partial charge is 0.335 e. The van der Waals surface area contributed by atoms with Crippen LogP contribution in [0.3, 0.4) is 0 Å². The molecule has 0 aliphatic rings. The molecule has 2 aromatic carbocycles. The number of para-hydroxylation sites is 1. The lowest BCUT2D eigenvalue weighted by molar-refractivity contribution is 0.0697. The molecule has 1 aromatic heterocycles. The van der Waals surface area contributed by atoms with Crippen LogP contribution in [-0.4, -0.2) is 16.1 Å². The second-order valence-corrected chi connectivity index (χ2v) is 5.68. The van der Waals surface area contributed by atoms with Crippen LogP contribution in [-0.2, 0) is 6.54 Å². The average Bonchev–Trinajstić information content (AvgIpc) is 2.54. The summed E-state index contributed by atoms with van der Waals surface area (Å²) in [6.07, 6.45) is 0. The van der Waals surface area contributed by atoms with Crippen LogP contribution in [0.5, 0.6) is 0 Å². The summed E-state index contributed by atoms with van der Waals surface area (Å²) in [5.74, 6) is -0.946. The van der Waals surface area contributed by atoms with Crippen molar-refractivity contribution < 1.29 is 9.90 Å². The number of halogens is 1. The first-order valence-electron chi connectivity index (χ1n) is 7.16. The van der Waals surface area contributed by atoms with Crippen molar-refractivity contribution in [3.8, 4) is 0 Å². The first kappa shape index (κ1) is 15.3. The van der Waals surface area contributed by atoms with Crippen molar-refractivity contribution >= 4 is 34.2 Å². The third kappa shape index (κ3) is 3.27. The van der Waals surface area contributed by atoms with Gasteiger partial charge in [-0.15, -0.1) is 0 Å². The van der Waals surface area contributed by atoms with Crippen molar-refractivity contribution in [1.29, 1.82) is 0 Å². The Balaban J connectivity index is 1.87. The van der Waals surface area contributed by atoms with Gasteiger partial charge in [0.1, 0.15) is 5.15 Å². The number of fused-ring (bicyclic) bond motifs is 1. The van der Waals surface area contributed by atoms with Crippen molar-refractivity contribution in [2.45, 2.75) is 13.5 Å². The van der Waals surface area contributed by atoms with Crippen molar-refractivity contribution in [2.75, 3.05) is 5.32 Å². The molecule has 0 atom stereocenters. The van der Waals surface area contributed by atoms with Crippen molar-refractivity contribution in [3.63, 3.8) is 0 Å². The zero-order valence-electron chi connectivity index (χ0n) is 12.5. The fourth-order valence-electron chi connectivity index (χ4n) is 2.40. The lowest BCUT2D eigenvalue weighted by atomic mass is 10.1. The highest BCUT2D eigenvalue weighted by molar-refractivity contribution is 6.30. The number of nitrogens with one attached hydrogen (secondary N) is 1. The van der Waals surface area contributed by atoms with Crippen molar-refractivity contribution in [1.82, 2.24) is 4.98 Å². The molecule has 0 bridgehead atoms. The summed E-state index contributed by atoms with van der Waals surface area (Å²) in [6, 6.07) is 14.8. The Bertz CT molecular complexity index is 893. The molecule has 0 spiro atoms. The SMILES string of the molecule is Cc1ccc(C(=O)O)cc1NCc1cc2ccccc2nc1Cl. The summed E-state index contributed by atoms with van der Waals surface area (Å²) in [4.78, 5) is 15.5. The van der Waals surface area contributed by atoms with E-state index >= 15 is 0 Å². The number of hydrogen-bond acceptors (Lipinski definition) is 3. The van der Waals surface area contributed by atoms with Crippen molar-refractivity contribution in [3.05, 3.63) is 70.4 Å². The van der Waals surface area contributed by atoms with Gasteiger partial charge in [-0.1, -0.05) is 35.9 Å². The van der Waals surface area contributed by atoms with E-state index in [4.69, 9.17) is 16.7 Å². The van der Waals surface area contributed by atoms with Crippen LogP contribution < -0.4 is 5.32 Å². The fraction of sp³-hybridized carbons (Fsp3) is 0.111. The molecule has 0 saturated heterocycles. The van der Waals surface area contributed by atoms with E-state index < -0.39 is 5.97 Å². The number of aromatic carboxylic acids is 1. The molecular weight excluding hydrogens is 312 g/mol. The molecule has 3 rings (SSSR count). The maximum Gasteiger partial charge on any atom is 0.335 e. The summed E-state index contributed by atoms with van der Waals surface area (Å²) in [6.45, 7) is 2.40. The number of pyridine rings is 1. The van der Waals surface area contributed by atoms with Gasteiger partial charge in [0, 0.05) is 23.2 Å². The van der Waals surface area contributed by atoms with E-state index in [-0.39, 0.29) is 5.56 Å². The predicted octanol–water partition coefficient (Wildman–Crippen LogP) is 4.51. The monoisotopic (exact) mass is 326 g/mol. The zero-order valence-corrected chi connectivity index (χ0v) is 13.3. The van der Waals surface area contributed by atoms with E-state index in [1.165, 1.54) is 0 Å². The molecule has 23 heavy (non-hydrogen) atoms. The Morgan fingerprint density at radius 2 is 2.00 bits per heavy atom. The van der Waals surface area contributed by atoms with Crippen LogP contribution in [0.1, 0.15) is 21.5 Å². The lowest BCUT2D eigenvalue weighted by Crippen LogP contribution is -2.05. The van der Waals surface area contributed by atoms with Gasteiger partial charge in [0.15, 0.2) is 0 Å². The highest BCUT2D eigenvalue weighted by Gasteiger charge is 2.08. The van der Waals surface area contributed by atoms with Crippen LogP contribution >= 0.6 is 11.6 Å². The molecule has 116 valence electrons. The Morgan fingerprint density at radius 1 is 1.22 bits per heavy atom. The number of benzene rings is 2. The minimum atomic E-state index is -0.946. The van der Waals surface area contributed by atoms with Gasteiger partial charge >= 0.3 is 5.97 Å². The second-order valence-electron chi connectivity index (χ2n) is 5.32. The number of nitrogens with zero attached hydrogens (tertiary/aromatic N) is 1. The topological polar surface area (TPSA) is 62.2 Å². The summed E-state index contributed by atoms with van der Waals surface area (Å²) >= 11 is 6.25. The van der Waals surface area contributed by atoms with Gasteiger partial charge in [-0.2, -0.15) is 0 Å². The summed E-state index contributed by atoms with van der Waals surface area (Å²) in [5.41, 5.74) is 3.71. The molecule has 0 saturated carbocycles. The first-order chi connectivity index (χ1) is 11.0. The summed E-state index contributed by atoms with van der Waals surface area (Å²) in [7, 11) is 0. The molecule has 0 amide bonds. The second kappa shape index (κ2) is 6.26. The molecule has 5 heteroatoms. The number of hydrogen-bond donors (Lipinski definition) is 2. The van der Waals surface area contributed by atoms with Gasteiger partial charge < -0.3 is 10.4 Å². The van der Waals surface area contributed by atoms with E-state index in [0.29, 0.717) is 11.7 Å². The summed E-state index contributed by atoms with van der Waals surface area (Å²) < 4.78 is 0. The van der Waals surface area contributed by atoms with Crippen LogP contribution in [0.4, 0.5) is 5.69 Å². The molecule has 0 aliphatic carbocycles. The third-order valence-electron chi connectivity index (χ3n) is 3.70. The maximum absolute atomic E-state index is 11.1. The number of carboxylic acids is 1. The standard InChI is InChI=1S/C18H15ClN2O2/c1-11-6-7-13(18(22)23)9-16(11)20-10-14-8-12-4-2-3-5-15(12)21-17(14)19/h2-9,20H,10H2,1H3,(H,22,23). The van der Waals surface area contributed by atoms with E-state index in [0.717, 1.165) is 27.7 Å². The Morgan fingerprint density at radius 3 is 2.78 bits per heavy atom. The molecule has 0 aliphatic heterocycles. The molecule has 0 unspecified atom stereocenters. The van der Waals surface area contributed by atoms with Gasteiger partial charge in [-0.05, 0) is 36.8 Å². The van der Waals surface area contributed by atoms with Crippen molar-refractivity contribution in [2.24, 2.45) is 0 Å². The average molecular weight is 327 g/mol. The Kier molecular flexibility index (Phi) is 4.17. The van der Waals surface area contributed by atoms with Gasteiger partial charge in [0.05, 0.1) is 11.1 Å². The minimum Gasteiger partial charge on any atom is -0.478 e. The van der Waals surface area contributed by atoms with Gasteiger partial charge in [0.2, 0.25) is 0 Å². The predicted molar refractivity (Wildman–Crippen MR) is 92.2 cm³/mol. The Labute approximate surface area is 138 Å². The van der Waals surface area contributed by atoms with Gasteiger partial charge in [-0.3, -0.25) is 0 Å². The van der Waals surface area contributed by atoms with Crippen LogP contribution in [0.15, 0.2) is 48.5 Å². The number of aryl methyl sites for hydroxylation is 1. The van der Waals surface area contributed by atoms with Gasteiger partial charge in [0.25, 0.3) is 0 Å². The van der Waals surface area contributed by atoms with E-state index in [1.807, 2.05) is 37.3 Å². The van der Waals surface area contributed by atoms with E-state index in [2.05, 4.69) is 10.3 Å². The number of rotatable bonds is 4. The number of carboxylic acid groups (broad SMARTS) is 1. The molecule has 0 radical (unpaired) electrons. The molecule has 2 N–H and O–H groups in total. The van der Waals surface area contributed by atoms with E-state index in [1.54, 1.807) is 18.2 Å². The third-order valence-corrected chi connectivity index (χ3v) is 4.03. The fourth-order valence-corrected chi connectivity index (χ4v) is 2.61. The molecule has 1 heterocycles. The van der Waals surface area contributed by atoms with Gasteiger partial charge in [-0.25, -0.2) is 9.78 Å². The molecule has 4 nitrogen and oxygen atoms in total. The lowest BCUT2D eigenvalue weighted by Gasteiger charge is -2.12. The Hall–Kier alpha value is -2.59. The maximum atomic E-state index is 11.1. The molecular formula is C18H15ClN2O2. The zero-order chi connectivity index (χ0) is 16.4. The number of anilines is 1. The molecule has 3 aromatic rings. The quantitative estimate of drug-likeness (QED) is 0.693. The molecule has 0 fully saturated rings. The summed E-state index contributed by atoms with van der Waals surface area (Å²) in [5, 5.41) is 13.8. The normalized spacial score (nSPS) is 10.7. The highest BCUT2D eigenvalue weighted by atomic mass is 35.5. The van der Waals surface area contributed by atoms with Crippen LogP contribution in [0.25, 0.3) is 10.9 Å². The van der Waals surface area contributed by atoms with Crippen LogP contribution in [0, 0.1) is 6.92 Å². The number of carbonyl (C=O) groups is 1. The first-order valence-corrected chi connectivity index (χ1v) is 7.54. The largest absolute Gasteiger partial charge is 0.478 e. The van der Waals surface area contributed by atoms with Crippen LogP contribution in [0.2, 0.25) is 5.15 Å². The minimum absolute atomic E-state index is 0.251.